The number of hydrogen-bond donors (Lipinski definition) is 3. The van der Waals surface area contributed by atoms with Crippen molar-refractivity contribution in [2.75, 3.05) is 18.1 Å². The van der Waals surface area contributed by atoms with Gasteiger partial charge in [-0.2, -0.15) is 10.1 Å². The van der Waals surface area contributed by atoms with Gasteiger partial charge >= 0.3 is 5.69 Å². The molecule has 0 saturated carbocycles. The summed E-state index contributed by atoms with van der Waals surface area (Å²) in [5, 5.41) is 23.2. The van der Waals surface area contributed by atoms with E-state index in [4.69, 9.17) is 5.11 Å². The van der Waals surface area contributed by atoms with Crippen LogP contribution in [0.3, 0.4) is 0 Å². The number of rotatable bonds is 3. The molecule has 3 aromatic rings. The summed E-state index contributed by atoms with van der Waals surface area (Å²) in [5.41, 5.74) is 0.970. The quantitative estimate of drug-likeness (QED) is 0.501. The van der Waals surface area contributed by atoms with Crippen molar-refractivity contribution in [1.82, 2.24) is 28.9 Å². The molecule has 0 aliphatic carbocycles. The second-order valence-corrected chi connectivity index (χ2v) is 6.36. The Morgan fingerprint density at radius 1 is 1.27 bits per heavy atom. The van der Waals surface area contributed by atoms with Gasteiger partial charge in [-0.1, -0.05) is 0 Å². The monoisotopic (exact) mass is 361 g/mol. The van der Waals surface area contributed by atoms with Gasteiger partial charge in [0.25, 0.3) is 5.56 Å². The van der Waals surface area contributed by atoms with Crippen molar-refractivity contribution in [1.29, 1.82) is 0 Å². The summed E-state index contributed by atoms with van der Waals surface area (Å²) >= 11 is 0. The highest BCUT2D eigenvalue weighted by Gasteiger charge is 2.25. The predicted octanol–water partition coefficient (Wildman–Crippen LogP) is -1.80. The Balaban J connectivity index is 1.76. The van der Waals surface area contributed by atoms with E-state index in [2.05, 4.69) is 15.1 Å². The van der Waals surface area contributed by atoms with Crippen LogP contribution in [0.15, 0.2) is 15.7 Å². The van der Waals surface area contributed by atoms with Gasteiger partial charge in [0.05, 0.1) is 31.1 Å². The highest BCUT2D eigenvalue weighted by Crippen LogP contribution is 2.24. The molecule has 4 heterocycles. The van der Waals surface area contributed by atoms with Gasteiger partial charge in [-0.3, -0.25) is 19.0 Å². The number of fused-ring (bicyclic) bond motifs is 2. The number of aromatic nitrogens is 6. The molecule has 0 unspecified atom stereocenters. The third-order valence-corrected chi connectivity index (χ3v) is 4.72. The third-order valence-electron chi connectivity index (χ3n) is 4.72. The number of anilines is 1. The standard InChI is InChI=1S/C15H19N7O4/c1-19-11-12(20(2)15(26)17-13(11)25)16-14(19)21-3-4-22-8(6-21)5-9(18-22)10(24)7-23/h5,10,23-24H,3-4,6-7H2,1-2H3,(H,17,25,26)/t10-/m0/s1. The molecular formula is C15H19N7O4. The van der Waals surface area contributed by atoms with Crippen molar-refractivity contribution >= 4 is 17.1 Å². The van der Waals surface area contributed by atoms with Crippen molar-refractivity contribution in [3.63, 3.8) is 0 Å². The van der Waals surface area contributed by atoms with Crippen LogP contribution in [0, 0.1) is 0 Å². The predicted molar refractivity (Wildman–Crippen MR) is 91.9 cm³/mol. The number of nitrogens with one attached hydrogen (secondary N) is 1. The van der Waals surface area contributed by atoms with Crippen molar-refractivity contribution in [2.45, 2.75) is 19.2 Å². The third kappa shape index (κ3) is 2.35. The van der Waals surface area contributed by atoms with Crippen LogP contribution in [0.1, 0.15) is 17.5 Å². The van der Waals surface area contributed by atoms with Gasteiger partial charge in [0.15, 0.2) is 11.2 Å². The van der Waals surface area contributed by atoms with Crippen LogP contribution in [0.4, 0.5) is 5.95 Å². The number of aromatic amines is 1. The van der Waals surface area contributed by atoms with Gasteiger partial charge in [0, 0.05) is 20.6 Å². The first kappa shape index (κ1) is 16.5. The maximum absolute atomic E-state index is 12.2. The Morgan fingerprint density at radius 2 is 2.04 bits per heavy atom. The van der Waals surface area contributed by atoms with Crippen LogP contribution in [0.25, 0.3) is 11.2 Å². The zero-order valence-electron chi connectivity index (χ0n) is 14.4. The minimum absolute atomic E-state index is 0.326. The molecule has 26 heavy (non-hydrogen) atoms. The van der Waals surface area contributed by atoms with Crippen molar-refractivity contribution in [3.05, 3.63) is 38.3 Å². The summed E-state index contributed by atoms with van der Waals surface area (Å²) in [6.07, 6.45) is -1.01. The van der Waals surface area contributed by atoms with E-state index in [1.165, 1.54) is 4.57 Å². The molecule has 0 fully saturated rings. The Labute approximate surface area is 146 Å². The molecule has 1 atom stereocenters. The molecule has 0 aromatic carbocycles. The lowest BCUT2D eigenvalue weighted by atomic mass is 10.2. The number of aryl methyl sites for hydroxylation is 2. The molecule has 0 spiro atoms. The Hall–Kier alpha value is -2.92. The SMILES string of the molecule is Cn1c(N2CCn3nc([C@@H](O)CO)cc3C2)nc2c1c(=O)[nH]c(=O)n2C. The lowest BCUT2D eigenvalue weighted by molar-refractivity contribution is 0.0916. The smallest absolute Gasteiger partial charge is 0.329 e. The van der Waals surface area contributed by atoms with E-state index < -0.39 is 17.4 Å². The van der Waals surface area contributed by atoms with Crippen molar-refractivity contribution < 1.29 is 10.2 Å². The lowest BCUT2D eigenvalue weighted by Crippen LogP contribution is -2.35. The van der Waals surface area contributed by atoms with Gasteiger partial charge in [0.2, 0.25) is 5.95 Å². The first-order valence-corrected chi connectivity index (χ1v) is 8.17. The number of aliphatic hydroxyl groups excluding tert-OH is 2. The number of nitrogens with zero attached hydrogens (tertiary/aromatic N) is 6. The summed E-state index contributed by atoms with van der Waals surface area (Å²) < 4.78 is 4.77. The van der Waals surface area contributed by atoms with Gasteiger partial charge < -0.3 is 19.7 Å². The van der Waals surface area contributed by atoms with E-state index in [1.807, 2.05) is 4.90 Å². The summed E-state index contributed by atoms with van der Waals surface area (Å²) in [6.45, 7) is 1.27. The largest absolute Gasteiger partial charge is 0.393 e. The molecule has 0 bridgehead atoms. The highest BCUT2D eigenvalue weighted by atomic mass is 16.3. The Kier molecular flexibility index (Phi) is 3.70. The first-order chi connectivity index (χ1) is 12.4. The van der Waals surface area contributed by atoms with Gasteiger partial charge in [-0.15, -0.1) is 0 Å². The fourth-order valence-corrected chi connectivity index (χ4v) is 3.30. The van der Waals surface area contributed by atoms with E-state index >= 15 is 0 Å². The minimum Gasteiger partial charge on any atom is -0.393 e. The summed E-state index contributed by atoms with van der Waals surface area (Å²) in [5.74, 6) is 0.573. The van der Waals surface area contributed by atoms with Crippen LogP contribution in [-0.4, -0.2) is 52.2 Å². The average Bonchev–Trinajstić information content (AvgIpc) is 3.20. The second-order valence-electron chi connectivity index (χ2n) is 6.36. The molecular weight excluding hydrogens is 342 g/mol. The maximum atomic E-state index is 12.2. The molecule has 4 rings (SSSR count). The minimum atomic E-state index is -1.01. The molecule has 1 aliphatic rings. The molecule has 11 nitrogen and oxygen atoms in total. The van der Waals surface area contributed by atoms with Gasteiger partial charge in [-0.25, -0.2) is 4.79 Å². The van der Waals surface area contributed by atoms with E-state index in [0.29, 0.717) is 42.4 Å². The van der Waals surface area contributed by atoms with Crippen LogP contribution in [-0.2, 0) is 27.2 Å². The van der Waals surface area contributed by atoms with Crippen LogP contribution in [0.2, 0.25) is 0 Å². The van der Waals surface area contributed by atoms with E-state index in [0.717, 1.165) is 5.69 Å². The van der Waals surface area contributed by atoms with Crippen molar-refractivity contribution in [2.24, 2.45) is 14.1 Å². The fraction of sp³-hybridized carbons (Fsp3) is 0.467. The van der Waals surface area contributed by atoms with Gasteiger partial charge in [-0.05, 0) is 6.07 Å². The molecule has 0 amide bonds. The van der Waals surface area contributed by atoms with Crippen LogP contribution in [0.5, 0.6) is 0 Å². The molecule has 11 heteroatoms. The number of imidazole rings is 1. The molecule has 0 radical (unpaired) electrons. The molecule has 3 aromatic heterocycles. The number of H-pyrrole nitrogens is 1. The van der Waals surface area contributed by atoms with E-state index in [9.17, 15) is 14.7 Å². The summed E-state index contributed by atoms with van der Waals surface area (Å²) in [6, 6.07) is 1.75. The summed E-state index contributed by atoms with van der Waals surface area (Å²) in [4.78, 5) is 32.7. The Bertz CT molecular complexity index is 1110. The van der Waals surface area contributed by atoms with E-state index in [-0.39, 0.29) is 6.61 Å². The second kappa shape index (κ2) is 5.81. The van der Waals surface area contributed by atoms with Crippen LogP contribution < -0.4 is 16.1 Å². The molecule has 1 aliphatic heterocycles. The molecule has 0 saturated heterocycles. The average molecular weight is 361 g/mol. The Morgan fingerprint density at radius 3 is 2.77 bits per heavy atom. The normalized spacial score (nSPS) is 15.5. The lowest BCUT2D eigenvalue weighted by Gasteiger charge is -2.28. The van der Waals surface area contributed by atoms with Gasteiger partial charge in [0.1, 0.15) is 6.10 Å². The fourth-order valence-electron chi connectivity index (χ4n) is 3.30. The summed E-state index contributed by atoms with van der Waals surface area (Å²) in [7, 11) is 3.29. The van der Waals surface area contributed by atoms with Crippen LogP contribution >= 0.6 is 0 Å². The zero-order chi connectivity index (χ0) is 18.6. The van der Waals surface area contributed by atoms with Crippen molar-refractivity contribution in [3.8, 4) is 0 Å². The maximum Gasteiger partial charge on any atom is 0.329 e. The number of hydrogen-bond acceptors (Lipinski definition) is 7. The number of aliphatic hydroxyl groups is 2. The van der Waals surface area contributed by atoms with E-state index in [1.54, 1.807) is 29.4 Å². The molecule has 138 valence electrons. The zero-order valence-corrected chi connectivity index (χ0v) is 14.4. The topological polar surface area (TPSA) is 134 Å². The first-order valence-electron chi connectivity index (χ1n) is 8.17. The highest BCUT2D eigenvalue weighted by molar-refractivity contribution is 5.74. The molecule has 3 N–H and O–H groups in total.